The molecule has 4 aromatic rings. The lowest BCUT2D eigenvalue weighted by Crippen LogP contribution is -2.30. The van der Waals surface area contributed by atoms with Crippen LogP contribution in [0.1, 0.15) is 69.5 Å². The summed E-state index contributed by atoms with van der Waals surface area (Å²) in [6.07, 6.45) is 4.88. The van der Waals surface area contributed by atoms with Gasteiger partial charge in [-0.05, 0) is 95.2 Å². The van der Waals surface area contributed by atoms with Crippen LogP contribution in [0.15, 0.2) is 72.8 Å². The fourth-order valence-electron chi connectivity index (χ4n) is 6.20. The Morgan fingerprint density at radius 2 is 0.909 bits per heavy atom. The maximum absolute atomic E-state index is 2.52. The second kappa shape index (κ2) is 7.45. The Labute approximate surface area is 198 Å². The Kier molecular flexibility index (Phi) is 4.63. The fraction of sp³-hybridized carbons (Fsp3) is 0.273. The van der Waals surface area contributed by atoms with Crippen LogP contribution in [0.25, 0.3) is 11.1 Å². The SMILES string of the molecule is CC.Cc1ccc2c(c1)C(c1ccc3c(c1)CC3)(c1ccc3c(c1)CC3)c1cc(C)ccc1-2. The van der Waals surface area contributed by atoms with E-state index < -0.39 is 0 Å². The predicted molar refractivity (Wildman–Crippen MR) is 139 cm³/mol. The predicted octanol–water partition coefficient (Wildman–Crippen LogP) is 7.89. The summed E-state index contributed by atoms with van der Waals surface area (Å²) in [5, 5.41) is 0. The van der Waals surface area contributed by atoms with E-state index in [1.54, 1.807) is 0 Å². The van der Waals surface area contributed by atoms with Crippen molar-refractivity contribution in [3.05, 3.63) is 128 Å². The third-order valence-corrected chi connectivity index (χ3v) is 8.05. The van der Waals surface area contributed by atoms with Crippen molar-refractivity contribution in [2.45, 2.75) is 58.8 Å². The first-order valence-electron chi connectivity index (χ1n) is 12.6. The summed E-state index contributed by atoms with van der Waals surface area (Å²) in [5.41, 5.74) is 17.1. The molecule has 0 bridgehead atoms. The largest absolute Gasteiger partial charge is 0.0713 e. The van der Waals surface area contributed by atoms with Crippen LogP contribution in [0.3, 0.4) is 0 Å². The molecule has 0 aromatic heterocycles. The van der Waals surface area contributed by atoms with Gasteiger partial charge in [0.2, 0.25) is 0 Å². The van der Waals surface area contributed by atoms with E-state index in [0.717, 1.165) is 0 Å². The lowest BCUT2D eigenvalue weighted by Gasteiger charge is -2.37. The van der Waals surface area contributed by atoms with Crippen LogP contribution >= 0.6 is 0 Å². The van der Waals surface area contributed by atoms with Crippen LogP contribution in [0.2, 0.25) is 0 Å². The maximum Gasteiger partial charge on any atom is 0.0713 e. The van der Waals surface area contributed by atoms with Crippen LogP contribution < -0.4 is 0 Å². The molecule has 0 heteroatoms. The summed E-state index contributed by atoms with van der Waals surface area (Å²) in [6.45, 7) is 8.46. The Morgan fingerprint density at radius 3 is 1.27 bits per heavy atom. The molecule has 0 heterocycles. The minimum Gasteiger partial charge on any atom is -0.0683 e. The zero-order valence-corrected chi connectivity index (χ0v) is 20.3. The third-order valence-electron chi connectivity index (χ3n) is 8.05. The molecule has 0 radical (unpaired) electrons. The van der Waals surface area contributed by atoms with Crippen molar-refractivity contribution in [1.82, 2.24) is 0 Å². The maximum atomic E-state index is 2.52. The zero-order valence-electron chi connectivity index (χ0n) is 20.3. The molecule has 0 aliphatic heterocycles. The fourth-order valence-corrected chi connectivity index (χ4v) is 6.20. The summed E-state index contributed by atoms with van der Waals surface area (Å²) in [7, 11) is 0. The monoisotopic (exact) mass is 428 g/mol. The lowest BCUT2D eigenvalue weighted by molar-refractivity contribution is 0.739. The zero-order chi connectivity index (χ0) is 22.7. The topological polar surface area (TPSA) is 0 Å². The first-order chi connectivity index (χ1) is 16.1. The minimum atomic E-state index is -0.238. The van der Waals surface area contributed by atoms with Crippen molar-refractivity contribution >= 4 is 0 Å². The summed E-state index contributed by atoms with van der Waals surface area (Å²) in [4.78, 5) is 0. The number of hydrogen-bond donors (Lipinski definition) is 0. The number of rotatable bonds is 2. The van der Waals surface area contributed by atoms with Crippen LogP contribution in [-0.4, -0.2) is 0 Å². The van der Waals surface area contributed by atoms with Gasteiger partial charge >= 0.3 is 0 Å². The molecular formula is C33H32. The van der Waals surface area contributed by atoms with Crippen molar-refractivity contribution in [2.24, 2.45) is 0 Å². The number of benzene rings is 4. The van der Waals surface area contributed by atoms with Gasteiger partial charge in [-0.15, -0.1) is 0 Å². The Bertz CT molecular complexity index is 1290. The first kappa shape index (κ1) is 20.5. The quantitative estimate of drug-likeness (QED) is 0.268. The van der Waals surface area contributed by atoms with Gasteiger partial charge in [0, 0.05) is 0 Å². The average molecular weight is 429 g/mol. The smallest absolute Gasteiger partial charge is 0.0683 e. The lowest BCUT2D eigenvalue weighted by atomic mass is 9.65. The van der Waals surface area contributed by atoms with Crippen LogP contribution in [-0.2, 0) is 31.1 Å². The molecule has 164 valence electrons. The molecule has 0 saturated carbocycles. The molecule has 0 fully saturated rings. The van der Waals surface area contributed by atoms with E-state index in [1.165, 1.54) is 92.4 Å². The molecule has 0 unspecified atom stereocenters. The van der Waals surface area contributed by atoms with Crippen molar-refractivity contribution in [1.29, 1.82) is 0 Å². The van der Waals surface area contributed by atoms with Gasteiger partial charge in [0.1, 0.15) is 0 Å². The van der Waals surface area contributed by atoms with Gasteiger partial charge in [-0.25, -0.2) is 0 Å². The summed E-state index contributed by atoms with van der Waals surface area (Å²) in [5.74, 6) is 0. The minimum absolute atomic E-state index is 0.238. The molecular weight excluding hydrogens is 396 g/mol. The molecule has 4 aromatic carbocycles. The molecule has 0 spiro atoms. The van der Waals surface area contributed by atoms with E-state index in [4.69, 9.17) is 0 Å². The first-order valence-corrected chi connectivity index (χ1v) is 12.6. The molecule has 0 saturated heterocycles. The van der Waals surface area contributed by atoms with E-state index in [-0.39, 0.29) is 5.41 Å². The Balaban J connectivity index is 0.00000101. The molecule has 0 N–H and O–H groups in total. The summed E-state index contributed by atoms with van der Waals surface area (Å²) >= 11 is 0. The summed E-state index contributed by atoms with van der Waals surface area (Å²) < 4.78 is 0. The Morgan fingerprint density at radius 1 is 0.485 bits per heavy atom. The van der Waals surface area contributed by atoms with Crippen molar-refractivity contribution in [3.8, 4) is 11.1 Å². The molecule has 0 amide bonds. The van der Waals surface area contributed by atoms with E-state index in [1.807, 2.05) is 13.8 Å². The highest BCUT2D eigenvalue weighted by atomic mass is 14.5. The number of hydrogen-bond acceptors (Lipinski definition) is 0. The number of fused-ring (bicyclic) bond motifs is 5. The number of aryl methyl sites for hydroxylation is 6. The average Bonchev–Trinajstić information content (AvgIpc) is 3.06. The molecule has 33 heavy (non-hydrogen) atoms. The van der Waals surface area contributed by atoms with Gasteiger partial charge < -0.3 is 0 Å². The highest BCUT2D eigenvalue weighted by molar-refractivity contribution is 5.87. The van der Waals surface area contributed by atoms with Gasteiger partial charge in [0.25, 0.3) is 0 Å². The molecule has 7 rings (SSSR count). The van der Waals surface area contributed by atoms with Crippen molar-refractivity contribution in [3.63, 3.8) is 0 Å². The third kappa shape index (κ3) is 2.76. The van der Waals surface area contributed by atoms with Crippen LogP contribution in [0, 0.1) is 13.8 Å². The molecule has 3 aliphatic rings. The van der Waals surface area contributed by atoms with Crippen LogP contribution in [0.5, 0.6) is 0 Å². The van der Waals surface area contributed by atoms with Gasteiger partial charge in [0.15, 0.2) is 0 Å². The summed E-state index contributed by atoms with van der Waals surface area (Å²) in [6, 6.07) is 28.8. The van der Waals surface area contributed by atoms with E-state index in [9.17, 15) is 0 Å². The molecule has 0 nitrogen and oxygen atoms in total. The molecule has 3 aliphatic carbocycles. The second-order valence-corrected chi connectivity index (χ2v) is 9.82. The molecule has 0 atom stereocenters. The van der Waals surface area contributed by atoms with E-state index in [0.29, 0.717) is 0 Å². The van der Waals surface area contributed by atoms with Gasteiger partial charge in [-0.2, -0.15) is 0 Å². The van der Waals surface area contributed by atoms with E-state index in [2.05, 4.69) is 86.6 Å². The Hall–Kier alpha value is -3.12. The standard InChI is InChI=1S/C31H26.C2H6/c1-19-3-13-27-28-14-4-20(2)16-30(28)31(29(27)15-19,25-11-9-21-5-7-23(21)17-25)26-12-10-22-6-8-24(22)18-26;1-2/h3-4,9-18H,5-8H2,1-2H3;1-2H3. The van der Waals surface area contributed by atoms with E-state index >= 15 is 0 Å². The van der Waals surface area contributed by atoms with Gasteiger partial charge in [-0.3, -0.25) is 0 Å². The highest BCUT2D eigenvalue weighted by Crippen LogP contribution is 2.57. The van der Waals surface area contributed by atoms with Crippen molar-refractivity contribution in [2.75, 3.05) is 0 Å². The van der Waals surface area contributed by atoms with Crippen LogP contribution in [0.4, 0.5) is 0 Å². The highest BCUT2D eigenvalue weighted by Gasteiger charge is 2.47. The second-order valence-electron chi connectivity index (χ2n) is 9.82. The van der Waals surface area contributed by atoms with Gasteiger partial charge in [0.05, 0.1) is 5.41 Å². The van der Waals surface area contributed by atoms with Crippen molar-refractivity contribution < 1.29 is 0 Å². The normalized spacial score (nSPS) is 15.6. The van der Waals surface area contributed by atoms with Gasteiger partial charge in [-0.1, -0.05) is 97.8 Å².